The minimum atomic E-state index is -4.13. The van der Waals surface area contributed by atoms with E-state index in [4.69, 9.17) is 9.47 Å². The lowest BCUT2D eigenvalue weighted by atomic mass is 9.82. The predicted molar refractivity (Wildman–Crippen MR) is 108 cm³/mol. The molecule has 0 radical (unpaired) electrons. The number of non-ortho nitro benzene ring substituents is 1. The van der Waals surface area contributed by atoms with Crippen LogP contribution in [0.15, 0.2) is 40.8 Å². The lowest BCUT2D eigenvalue weighted by molar-refractivity contribution is -0.384. The Balaban J connectivity index is 2.58. The van der Waals surface area contributed by atoms with Crippen molar-refractivity contribution < 1.29 is 37.2 Å². The third kappa shape index (κ3) is 4.98. The summed E-state index contributed by atoms with van der Waals surface area (Å²) in [7, 11) is -1.83. The quantitative estimate of drug-likeness (QED) is 0.189. The van der Waals surface area contributed by atoms with Gasteiger partial charge in [0.2, 0.25) is 0 Å². The first kappa shape index (κ1) is 24.2. The van der Waals surface area contributed by atoms with E-state index in [1.54, 1.807) is 6.92 Å². The second-order valence-corrected chi connectivity index (χ2v) is 9.38. The van der Waals surface area contributed by atoms with Crippen LogP contribution in [0, 0.1) is 27.9 Å². The molecule has 0 bridgehead atoms. The highest BCUT2D eigenvalue weighted by Gasteiger charge is 2.54. The van der Waals surface area contributed by atoms with Gasteiger partial charge in [0.15, 0.2) is 9.84 Å². The molecule has 1 aromatic carbocycles. The third-order valence-electron chi connectivity index (χ3n) is 5.66. The van der Waals surface area contributed by atoms with Gasteiger partial charge in [0.1, 0.15) is 6.29 Å². The van der Waals surface area contributed by atoms with Gasteiger partial charge in [-0.05, 0) is 43.4 Å². The largest absolute Gasteiger partial charge is 0.469 e. The van der Waals surface area contributed by atoms with E-state index in [9.17, 15) is 32.9 Å². The maximum Gasteiger partial charge on any atom is 0.310 e. The molecule has 11 heteroatoms. The Morgan fingerprint density at radius 1 is 1.19 bits per heavy atom. The molecule has 0 amide bonds. The predicted octanol–water partition coefficient (Wildman–Crippen LogP) is 1.87. The molecule has 1 aromatic rings. The number of nitro groups is 1. The molecule has 31 heavy (non-hydrogen) atoms. The summed E-state index contributed by atoms with van der Waals surface area (Å²) < 4.78 is 36.3. The Morgan fingerprint density at radius 2 is 1.81 bits per heavy atom. The van der Waals surface area contributed by atoms with Crippen molar-refractivity contribution in [1.82, 2.24) is 0 Å². The van der Waals surface area contributed by atoms with Crippen molar-refractivity contribution in [2.45, 2.75) is 29.9 Å². The number of hydrogen-bond acceptors (Lipinski definition) is 9. The van der Waals surface area contributed by atoms with Crippen LogP contribution in [0.5, 0.6) is 0 Å². The van der Waals surface area contributed by atoms with Gasteiger partial charge in [0.05, 0.1) is 35.2 Å². The van der Waals surface area contributed by atoms with Crippen LogP contribution in [0.25, 0.3) is 0 Å². The molecule has 0 saturated heterocycles. The van der Waals surface area contributed by atoms with Gasteiger partial charge in [-0.15, -0.1) is 0 Å². The molecule has 10 nitrogen and oxygen atoms in total. The highest BCUT2D eigenvalue weighted by molar-refractivity contribution is 7.92. The number of ether oxygens (including phenoxy) is 2. The first-order chi connectivity index (χ1) is 14.6. The maximum absolute atomic E-state index is 13.4. The molecular formula is C20H23NO9S. The van der Waals surface area contributed by atoms with Crippen molar-refractivity contribution in [1.29, 1.82) is 0 Å². The van der Waals surface area contributed by atoms with Gasteiger partial charge in [-0.25, -0.2) is 8.42 Å². The van der Waals surface area contributed by atoms with Gasteiger partial charge in [-0.3, -0.25) is 24.5 Å². The van der Waals surface area contributed by atoms with E-state index in [-0.39, 0.29) is 23.4 Å². The SMILES string of the molecule is COC(=O)C[C@@H]1C(C(=O)OC)C(S(=O)(=O)c2ccc([N+](=O)[O-])cc2)C[C@@H]1/C(C)=C\C=O. The Morgan fingerprint density at radius 3 is 2.29 bits per heavy atom. The Labute approximate surface area is 179 Å². The van der Waals surface area contributed by atoms with Gasteiger partial charge >= 0.3 is 11.9 Å². The van der Waals surface area contributed by atoms with Gasteiger partial charge < -0.3 is 9.47 Å². The normalized spacial score (nSPS) is 23.8. The minimum Gasteiger partial charge on any atom is -0.469 e. The van der Waals surface area contributed by atoms with Crippen molar-refractivity contribution in [3.8, 4) is 0 Å². The summed E-state index contributed by atoms with van der Waals surface area (Å²) in [4.78, 5) is 45.6. The fourth-order valence-corrected chi connectivity index (χ4v) is 6.14. The van der Waals surface area contributed by atoms with Crippen LogP contribution in [0.3, 0.4) is 0 Å². The topological polar surface area (TPSA) is 147 Å². The Bertz CT molecular complexity index is 998. The van der Waals surface area contributed by atoms with Gasteiger partial charge in [0.25, 0.3) is 5.69 Å². The second kappa shape index (κ2) is 9.82. The van der Waals surface area contributed by atoms with E-state index in [2.05, 4.69) is 0 Å². The summed E-state index contributed by atoms with van der Waals surface area (Å²) in [5.74, 6) is -3.95. The van der Waals surface area contributed by atoms with E-state index >= 15 is 0 Å². The van der Waals surface area contributed by atoms with Gasteiger partial charge in [-0.2, -0.15) is 0 Å². The van der Waals surface area contributed by atoms with Crippen molar-refractivity contribution in [3.05, 3.63) is 46.0 Å². The van der Waals surface area contributed by atoms with E-state index in [1.807, 2.05) is 0 Å². The zero-order valence-corrected chi connectivity index (χ0v) is 18.0. The molecule has 4 atom stereocenters. The van der Waals surface area contributed by atoms with Gasteiger partial charge in [0, 0.05) is 18.6 Å². The molecule has 0 aromatic heterocycles. The summed E-state index contributed by atoms with van der Waals surface area (Å²) in [5.41, 5.74) is 0.250. The van der Waals surface area contributed by atoms with Crippen LogP contribution in [-0.4, -0.2) is 51.0 Å². The maximum atomic E-state index is 13.4. The summed E-state index contributed by atoms with van der Waals surface area (Å²) in [6.45, 7) is 1.62. The van der Waals surface area contributed by atoms with Crippen LogP contribution in [0.1, 0.15) is 19.8 Å². The molecule has 1 aliphatic carbocycles. The van der Waals surface area contributed by atoms with Crippen molar-refractivity contribution >= 4 is 33.7 Å². The number of carbonyl (C=O) groups excluding carboxylic acids is 3. The van der Waals surface area contributed by atoms with E-state index in [1.165, 1.54) is 13.2 Å². The number of methoxy groups -OCH3 is 2. The third-order valence-corrected chi connectivity index (χ3v) is 7.87. The molecule has 1 fully saturated rings. The molecule has 2 rings (SSSR count). The lowest BCUT2D eigenvalue weighted by Gasteiger charge is -2.24. The van der Waals surface area contributed by atoms with E-state index < -0.39 is 49.7 Å². The van der Waals surface area contributed by atoms with Crippen LogP contribution in [0.4, 0.5) is 5.69 Å². The monoisotopic (exact) mass is 453 g/mol. The number of allylic oxidation sites excluding steroid dienone is 2. The number of carbonyl (C=O) groups is 3. The zero-order chi connectivity index (χ0) is 23.3. The lowest BCUT2D eigenvalue weighted by Crippen LogP contribution is -2.36. The number of hydrogen-bond donors (Lipinski definition) is 0. The number of sulfone groups is 1. The molecule has 2 unspecified atom stereocenters. The summed E-state index contributed by atoms with van der Waals surface area (Å²) in [5, 5.41) is 9.61. The van der Waals surface area contributed by atoms with E-state index in [0.717, 1.165) is 31.4 Å². The number of esters is 2. The molecule has 1 aliphatic rings. The summed E-state index contributed by atoms with van der Waals surface area (Å²) in [6.07, 6.45) is 1.55. The molecule has 0 heterocycles. The number of rotatable bonds is 8. The molecule has 0 N–H and O–H groups in total. The molecule has 1 saturated carbocycles. The number of nitrogens with zero attached hydrogens (tertiary/aromatic N) is 1. The average molecular weight is 453 g/mol. The zero-order valence-electron chi connectivity index (χ0n) is 17.2. The molecule has 0 aliphatic heterocycles. The van der Waals surface area contributed by atoms with Gasteiger partial charge in [-0.1, -0.05) is 5.57 Å². The summed E-state index contributed by atoms with van der Waals surface area (Å²) in [6, 6.07) is 4.35. The van der Waals surface area contributed by atoms with Crippen LogP contribution >= 0.6 is 0 Å². The van der Waals surface area contributed by atoms with Crippen LogP contribution in [0.2, 0.25) is 0 Å². The second-order valence-electron chi connectivity index (χ2n) is 7.22. The fraction of sp³-hybridized carbons (Fsp3) is 0.450. The average Bonchev–Trinajstić information content (AvgIpc) is 3.13. The Kier molecular flexibility index (Phi) is 7.66. The number of benzene rings is 1. The van der Waals surface area contributed by atoms with Crippen LogP contribution in [-0.2, 0) is 33.7 Å². The minimum absolute atomic E-state index is 0.0308. The standard InChI is InChI=1S/C20H23NO9S/c1-12(8-9-22)15-10-17(19(20(24)30-3)16(15)11-18(23)29-2)31(27,28)14-6-4-13(5-7-14)21(25)26/h4-9,15-17,19H,10-11H2,1-3H3/b12-8-/t15-,16+,17?,19?/m1/s1. The highest BCUT2D eigenvalue weighted by Crippen LogP contribution is 2.48. The van der Waals surface area contributed by atoms with E-state index in [0.29, 0.717) is 11.9 Å². The first-order valence-corrected chi connectivity index (χ1v) is 10.9. The Hall–Kier alpha value is -3.08. The van der Waals surface area contributed by atoms with Crippen LogP contribution < -0.4 is 0 Å². The molecule has 168 valence electrons. The van der Waals surface area contributed by atoms with Crippen molar-refractivity contribution in [2.24, 2.45) is 17.8 Å². The fourth-order valence-electron chi connectivity index (χ4n) is 4.11. The molecular weight excluding hydrogens is 430 g/mol. The van der Waals surface area contributed by atoms with Crippen molar-refractivity contribution in [3.63, 3.8) is 0 Å². The number of aldehydes is 1. The molecule has 0 spiro atoms. The smallest absolute Gasteiger partial charge is 0.310 e. The highest BCUT2D eigenvalue weighted by atomic mass is 32.2. The summed E-state index contributed by atoms with van der Waals surface area (Å²) >= 11 is 0. The van der Waals surface area contributed by atoms with Crippen molar-refractivity contribution in [2.75, 3.05) is 14.2 Å². The number of nitro benzene ring substituents is 1. The first-order valence-electron chi connectivity index (χ1n) is 9.33.